The van der Waals surface area contributed by atoms with Crippen LogP contribution in [-0.2, 0) is 30.2 Å². The molecule has 0 aliphatic carbocycles. The van der Waals surface area contributed by atoms with E-state index in [1.807, 2.05) is 38.1 Å². The number of carbonyl (C=O) groups is 3. The molecule has 2 aromatic carbocycles. The van der Waals surface area contributed by atoms with Gasteiger partial charge < -0.3 is 28.4 Å². The van der Waals surface area contributed by atoms with E-state index in [1.165, 1.54) is 38.4 Å². The van der Waals surface area contributed by atoms with Crippen molar-refractivity contribution in [2.45, 2.75) is 59.7 Å². The first-order chi connectivity index (χ1) is 22.0. The second-order valence-electron chi connectivity index (χ2n) is 10.9. The van der Waals surface area contributed by atoms with E-state index in [0.717, 1.165) is 11.1 Å². The maximum atomic E-state index is 13.7. The molecular formula is C35H42FNO9. The van der Waals surface area contributed by atoms with Gasteiger partial charge in [0.1, 0.15) is 23.8 Å². The first kappa shape index (κ1) is 36.0. The Labute approximate surface area is 269 Å². The summed E-state index contributed by atoms with van der Waals surface area (Å²) in [6.07, 6.45) is 0.347. The van der Waals surface area contributed by atoms with Gasteiger partial charge in [0, 0.05) is 38.1 Å². The van der Waals surface area contributed by atoms with Crippen LogP contribution in [0.3, 0.4) is 0 Å². The van der Waals surface area contributed by atoms with Gasteiger partial charge in [-0.3, -0.25) is 14.4 Å². The Kier molecular flexibility index (Phi) is 13.9. The Morgan fingerprint density at radius 2 is 1.67 bits per heavy atom. The number of nitrogens with zero attached hydrogens (tertiary/aromatic N) is 1. The number of hydrogen-bond donors (Lipinski definition) is 0. The molecule has 0 N–H and O–H groups in total. The molecule has 10 nitrogen and oxygen atoms in total. The molecule has 3 rings (SSSR count). The summed E-state index contributed by atoms with van der Waals surface area (Å²) >= 11 is 0. The summed E-state index contributed by atoms with van der Waals surface area (Å²) < 4.78 is 47.4. The van der Waals surface area contributed by atoms with Gasteiger partial charge in [0.05, 0.1) is 19.6 Å². The number of aryl methyl sites for hydroxylation is 1. The minimum atomic E-state index is -0.848. The fraction of sp³-hybridized carbons (Fsp3) is 0.429. The van der Waals surface area contributed by atoms with Gasteiger partial charge in [-0.25, -0.2) is 9.37 Å². The predicted molar refractivity (Wildman–Crippen MR) is 167 cm³/mol. The number of aromatic nitrogens is 1. The molecule has 248 valence electrons. The molecule has 0 amide bonds. The average Bonchev–Trinajstić information content (AvgIpc) is 3.03. The molecule has 0 saturated heterocycles. The highest BCUT2D eigenvalue weighted by Gasteiger charge is 2.34. The van der Waals surface area contributed by atoms with Crippen molar-refractivity contribution in [3.05, 3.63) is 83.4 Å². The molecule has 0 aliphatic heterocycles. The van der Waals surface area contributed by atoms with E-state index in [4.69, 9.17) is 28.4 Å². The van der Waals surface area contributed by atoms with Crippen LogP contribution in [0, 0.1) is 24.6 Å². The number of ketones is 1. The lowest BCUT2D eigenvalue weighted by molar-refractivity contribution is -0.158. The van der Waals surface area contributed by atoms with Crippen LogP contribution in [0.1, 0.15) is 55.7 Å². The highest BCUT2D eigenvalue weighted by Crippen LogP contribution is 2.31. The van der Waals surface area contributed by atoms with Gasteiger partial charge in [-0.05, 0) is 57.0 Å². The van der Waals surface area contributed by atoms with Gasteiger partial charge in [-0.2, -0.15) is 0 Å². The second kappa shape index (κ2) is 17.8. The predicted octanol–water partition coefficient (Wildman–Crippen LogP) is 5.92. The number of rotatable bonds is 18. The molecule has 0 saturated carbocycles. The van der Waals surface area contributed by atoms with Crippen molar-refractivity contribution >= 4 is 17.7 Å². The highest BCUT2D eigenvalue weighted by molar-refractivity contribution is 5.99. The number of esters is 2. The van der Waals surface area contributed by atoms with Gasteiger partial charge >= 0.3 is 11.9 Å². The van der Waals surface area contributed by atoms with E-state index in [2.05, 4.69) is 4.98 Å². The smallest absolute Gasteiger partial charge is 0.309 e. The Morgan fingerprint density at radius 3 is 2.30 bits per heavy atom. The molecule has 0 unspecified atom stereocenters. The fourth-order valence-electron chi connectivity index (χ4n) is 4.71. The average molecular weight is 640 g/mol. The summed E-state index contributed by atoms with van der Waals surface area (Å²) in [4.78, 5) is 42.0. The van der Waals surface area contributed by atoms with Crippen molar-refractivity contribution in [2.75, 3.05) is 27.1 Å². The summed E-state index contributed by atoms with van der Waals surface area (Å²) in [5.74, 6) is -2.41. The van der Waals surface area contributed by atoms with E-state index in [-0.39, 0.29) is 36.0 Å². The van der Waals surface area contributed by atoms with Crippen LogP contribution in [0.25, 0.3) is 0 Å². The highest BCUT2D eigenvalue weighted by atomic mass is 19.1. The fourth-order valence-corrected chi connectivity index (χ4v) is 4.71. The Hall–Kier alpha value is -4.51. The number of Topliss-reactive ketones (excluding diaryl/α,β-unsaturated/α-hetero) is 1. The van der Waals surface area contributed by atoms with E-state index < -0.39 is 48.6 Å². The number of hydrogen-bond acceptors (Lipinski definition) is 10. The number of carbonyl (C=O) groups excluding carboxylic acids is 3. The number of pyridine rings is 1. The SMILES string of the molecule is CCOC[C@H](Oc1ccc(C)cc1)[C@@H](Cc1ccc(F)cc1)[C@H](C)OC(=O)[C@H](C)CC(=O)c1nccc(OC)c1OCOC(C)=O. The number of halogens is 1. The minimum absolute atomic E-state index is 0.00318. The summed E-state index contributed by atoms with van der Waals surface area (Å²) in [5.41, 5.74) is 1.84. The Balaban J connectivity index is 1.79. The third kappa shape index (κ3) is 10.8. The van der Waals surface area contributed by atoms with E-state index in [9.17, 15) is 18.8 Å². The summed E-state index contributed by atoms with van der Waals surface area (Å²) in [6.45, 7) is 8.67. The maximum absolute atomic E-state index is 13.7. The van der Waals surface area contributed by atoms with Crippen LogP contribution in [0.15, 0.2) is 60.8 Å². The van der Waals surface area contributed by atoms with E-state index >= 15 is 0 Å². The van der Waals surface area contributed by atoms with Crippen LogP contribution >= 0.6 is 0 Å². The zero-order valence-electron chi connectivity index (χ0n) is 27.1. The first-order valence-electron chi connectivity index (χ1n) is 15.1. The third-order valence-electron chi connectivity index (χ3n) is 7.27. The molecule has 0 spiro atoms. The number of benzene rings is 2. The molecule has 46 heavy (non-hydrogen) atoms. The van der Waals surface area contributed by atoms with Gasteiger partial charge in [0.25, 0.3) is 0 Å². The van der Waals surface area contributed by atoms with E-state index in [0.29, 0.717) is 18.8 Å². The second-order valence-corrected chi connectivity index (χ2v) is 10.9. The van der Waals surface area contributed by atoms with Crippen molar-refractivity contribution in [3.8, 4) is 17.2 Å². The lowest BCUT2D eigenvalue weighted by Gasteiger charge is -2.32. The first-order valence-corrected chi connectivity index (χ1v) is 15.1. The van der Waals surface area contributed by atoms with Crippen molar-refractivity contribution in [3.63, 3.8) is 0 Å². The van der Waals surface area contributed by atoms with Crippen LogP contribution < -0.4 is 14.2 Å². The quantitative estimate of drug-likeness (QED) is 0.0943. The normalized spacial score (nSPS) is 13.5. The lowest BCUT2D eigenvalue weighted by atomic mass is 9.89. The number of methoxy groups -OCH3 is 1. The standard InChI is InChI=1S/C35H42FNO9/c1-7-42-20-32(46-28-14-8-22(2)9-15-28)29(19-26-10-12-27(36)13-11-26)24(4)45-35(40)23(3)18-30(39)33-34(44-21-43-25(5)38)31(41-6)16-17-37-33/h8-17,23-24,29,32H,7,18-21H2,1-6H3/t23-,24+,29+,32+/m1/s1. The molecule has 11 heteroatoms. The van der Waals surface area contributed by atoms with Crippen molar-refractivity contribution in [1.29, 1.82) is 0 Å². The Bertz CT molecular complexity index is 1430. The molecule has 0 radical (unpaired) electrons. The summed E-state index contributed by atoms with van der Waals surface area (Å²) in [5, 5.41) is 0. The van der Waals surface area contributed by atoms with Crippen molar-refractivity contribution in [1.82, 2.24) is 4.98 Å². The topological polar surface area (TPSA) is 119 Å². The van der Waals surface area contributed by atoms with Crippen LogP contribution in [0.2, 0.25) is 0 Å². The summed E-state index contributed by atoms with van der Waals surface area (Å²) in [7, 11) is 1.40. The van der Waals surface area contributed by atoms with Crippen molar-refractivity contribution in [2.24, 2.45) is 11.8 Å². The minimum Gasteiger partial charge on any atom is -0.493 e. The molecule has 0 fully saturated rings. The molecule has 4 atom stereocenters. The van der Waals surface area contributed by atoms with Gasteiger partial charge in [0.2, 0.25) is 6.79 Å². The van der Waals surface area contributed by atoms with Gasteiger partial charge in [0.15, 0.2) is 23.0 Å². The van der Waals surface area contributed by atoms with E-state index in [1.54, 1.807) is 26.0 Å². The zero-order chi connectivity index (χ0) is 33.6. The molecule has 1 heterocycles. The molecular weight excluding hydrogens is 597 g/mol. The lowest BCUT2D eigenvalue weighted by Crippen LogP contribution is -2.42. The van der Waals surface area contributed by atoms with Crippen molar-refractivity contribution < 1.29 is 47.2 Å². The largest absolute Gasteiger partial charge is 0.493 e. The van der Waals surface area contributed by atoms with Gasteiger partial charge in [-0.15, -0.1) is 0 Å². The van der Waals surface area contributed by atoms with Crippen LogP contribution in [0.5, 0.6) is 17.2 Å². The zero-order valence-corrected chi connectivity index (χ0v) is 27.1. The number of ether oxygens (including phenoxy) is 6. The van der Waals surface area contributed by atoms with Crippen LogP contribution in [-0.4, -0.2) is 62.0 Å². The van der Waals surface area contributed by atoms with Crippen LogP contribution in [0.4, 0.5) is 4.39 Å². The molecule has 3 aromatic rings. The Morgan fingerprint density at radius 1 is 0.978 bits per heavy atom. The maximum Gasteiger partial charge on any atom is 0.309 e. The third-order valence-corrected chi connectivity index (χ3v) is 7.27. The summed E-state index contributed by atoms with van der Waals surface area (Å²) in [6, 6.07) is 15.2. The molecule has 1 aromatic heterocycles. The monoisotopic (exact) mass is 639 g/mol. The molecule has 0 aliphatic rings. The van der Waals surface area contributed by atoms with Gasteiger partial charge in [-0.1, -0.05) is 36.8 Å². The molecule has 0 bridgehead atoms.